The van der Waals surface area contributed by atoms with E-state index in [1.807, 2.05) is 30.0 Å². The second-order valence-corrected chi connectivity index (χ2v) is 6.93. The topological polar surface area (TPSA) is 62.7 Å². The summed E-state index contributed by atoms with van der Waals surface area (Å²) >= 11 is 0. The first kappa shape index (κ1) is 17.9. The zero-order chi connectivity index (χ0) is 17.6. The molecule has 1 unspecified atom stereocenters. The number of carbonyl (C=O) groups is 2. The van der Waals surface area contributed by atoms with Crippen LogP contribution in [0, 0.1) is 11.8 Å². The van der Waals surface area contributed by atoms with Gasteiger partial charge < -0.3 is 14.5 Å². The molecule has 0 aromatic carbocycles. The second-order valence-electron chi connectivity index (χ2n) is 6.93. The summed E-state index contributed by atoms with van der Waals surface area (Å²) in [7, 11) is 0. The maximum atomic E-state index is 12.9. The van der Waals surface area contributed by atoms with E-state index in [0.29, 0.717) is 32.0 Å². The summed E-state index contributed by atoms with van der Waals surface area (Å²) in [6.07, 6.45) is 4.07. The zero-order valence-corrected chi connectivity index (χ0v) is 14.9. The van der Waals surface area contributed by atoms with Crippen LogP contribution in [0.25, 0.3) is 0 Å². The van der Waals surface area contributed by atoms with Gasteiger partial charge in [-0.05, 0) is 37.8 Å². The summed E-state index contributed by atoms with van der Waals surface area (Å²) in [5.41, 5.74) is 0.860. The Hall–Kier alpha value is -1.95. The molecule has 1 atom stereocenters. The van der Waals surface area contributed by atoms with E-state index in [1.54, 1.807) is 11.1 Å². The Kier molecular flexibility index (Phi) is 6.02. The van der Waals surface area contributed by atoms with Crippen molar-refractivity contribution < 1.29 is 14.3 Å². The lowest BCUT2D eigenvalue weighted by atomic mass is 9.98. The van der Waals surface area contributed by atoms with E-state index in [0.717, 1.165) is 38.3 Å². The Morgan fingerprint density at radius 3 is 2.84 bits per heavy atom. The van der Waals surface area contributed by atoms with Gasteiger partial charge in [0.2, 0.25) is 11.8 Å². The van der Waals surface area contributed by atoms with Gasteiger partial charge in [0.05, 0.1) is 18.2 Å². The summed E-state index contributed by atoms with van der Waals surface area (Å²) in [6, 6.07) is 5.68. The highest BCUT2D eigenvalue weighted by Crippen LogP contribution is 2.23. The Bertz CT molecular complexity index is 587. The second kappa shape index (κ2) is 8.43. The van der Waals surface area contributed by atoms with Gasteiger partial charge in [0.1, 0.15) is 0 Å². The molecule has 0 saturated carbocycles. The quantitative estimate of drug-likeness (QED) is 0.787. The van der Waals surface area contributed by atoms with Crippen LogP contribution in [0.4, 0.5) is 0 Å². The third-order valence-corrected chi connectivity index (χ3v) is 5.16. The molecule has 0 bridgehead atoms. The third-order valence-electron chi connectivity index (χ3n) is 5.16. The SMILES string of the molecule is CCN(CC1CCOCC1)C(=O)C1CC(=O)N(Cc2ccccn2)C1. The van der Waals surface area contributed by atoms with Crippen molar-refractivity contribution in [3.63, 3.8) is 0 Å². The minimum Gasteiger partial charge on any atom is -0.381 e. The molecule has 2 aliphatic rings. The number of carbonyl (C=O) groups excluding carboxylic acids is 2. The first-order chi connectivity index (χ1) is 12.2. The summed E-state index contributed by atoms with van der Waals surface area (Å²) in [4.78, 5) is 33.2. The van der Waals surface area contributed by atoms with Gasteiger partial charge in [-0.25, -0.2) is 0 Å². The molecule has 0 aliphatic carbocycles. The predicted molar refractivity (Wildman–Crippen MR) is 93.6 cm³/mol. The average molecular weight is 345 g/mol. The van der Waals surface area contributed by atoms with Crippen LogP contribution >= 0.6 is 0 Å². The molecule has 1 aromatic rings. The number of likely N-dealkylation sites (tertiary alicyclic amines) is 1. The highest BCUT2D eigenvalue weighted by molar-refractivity contribution is 5.89. The minimum atomic E-state index is -0.226. The van der Waals surface area contributed by atoms with Crippen molar-refractivity contribution in [2.24, 2.45) is 11.8 Å². The summed E-state index contributed by atoms with van der Waals surface area (Å²) in [6.45, 7) is 6.05. The van der Waals surface area contributed by atoms with Crippen molar-refractivity contribution in [1.82, 2.24) is 14.8 Å². The average Bonchev–Trinajstić information content (AvgIpc) is 3.01. The van der Waals surface area contributed by atoms with Crippen LogP contribution in [0.5, 0.6) is 0 Å². The van der Waals surface area contributed by atoms with E-state index in [2.05, 4.69) is 4.98 Å². The zero-order valence-electron chi connectivity index (χ0n) is 14.9. The van der Waals surface area contributed by atoms with E-state index in [9.17, 15) is 9.59 Å². The monoisotopic (exact) mass is 345 g/mol. The lowest BCUT2D eigenvalue weighted by molar-refractivity contribution is -0.136. The number of rotatable bonds is 6. The Labute approximate surface area is 149 Å². The molecule has 25 heavy (non-hydrogen) atoms. The summed E-state index contributed by atoms with van der Waals surface area (Å²) in [5.74, 6) is 0.451. The molecular formula is C19H27N3O3. The van der Waals surface area contributed by atoms with E-state index in [-0.39, 0.29) is 17.7 Å². The molecule has 3 rings (SSSR count). The van der Waals surface area contributed by atoms with Gasteiger partial charge in [0.15, 0.2) is 0 Å². The fraction of sp³-hybridized carbons (Fsp3) is 0.632. The summed E-state index contributed by atoms with van der Waals surface area (Å²) < 4.78 is 5.40. The standard InChI is InChI=1S/C19H27N3O3/c1-2-21(12-15-6-9-25-10-7-15)19(24)16-11-18(23)22(13-16)14-17-5-3-4-8-20-17/h3-5,8,15-16H,2,6-7,9-14H2,1H3. The van der Waals surface area contributed by atoms with Crippen molar-refractivity contribution >= 4 is 11.8 Å². The number of aromatic nitrogens is 1. The van der Waals surface area contributed by atoms with E-state index in [1.165, 1.54) is 0 Å². The van der Waals surface area contributed by atoms with Crippen LogP contribution in [-0.4, -0.2) is 59.4 Å². The van der Waals surface area contributed by atoms with Gasteiger partial charge in [-0.2, -0.15) is 0 Å². The number of hydrogen-bond donors (Lipinski definition) is 0. The smallest absolute Gasteiger partial charge is 0.227 e. The van der Waals surface area contributed by atoms with Crippen molar-refractivity contribution in [3.8, 4) is 0 Å². The van der Waals surface area contributed by atoms with Crippen molar-refractivity contribution in [2.45, 2.75) is 32.7 Å². The molecular weight excluding hydrogens is 318 g/mol. The van der Waals surface area contributed by atoms with Crippen molar-refractivity contribution in [1.29, 1.82) is 0 Å². The molecule has 2 aliphatic heterocycles. The normalized spacial score (nSPS) is 21.6. The van der Waals surface area contributed by atoms with Crippen LogP contribution in [0.1, 0.15) is 31.9 Å². The van der Waals surface area contributed by atoms with Gasteiger partial charge in [0, 0.05) is 45.5 Å². The molecule has 136 valence electrons. The van der Waals surface area contributed by atoms with Gasteiger partial charge >= 0.3 is 0 Å². The number of pyridine rings is 1. The Balaban J connectivity index is 1.57. The maximum Gasteiger partial charge on any atom is 0.227 e. The first-order valence-corrected chi connectivity index (χ1v) is 9.21. The highest BCUT2D eigenvalue weighted by Gasteiger charge is 2.36. The molecule has 1 aromatic heterocycles. The first-order valence-electron chi connectivity index (χ1n) is 9.21. The van der Waals surface area contributed by atoms with Crippen LogP contribution in [-0.2, 0) is 20.9 Å². The number of ether oxygens (including phenoxy) is 1. The van der Waals surface area contributed by atoms with Crippen LogP contribution in [0.3, 0.4) is 0 Å². The number of amides is 2. The van der Waals surface area contributed by atoms with Crippen LogP contribution in [0.15, 0.2) is 24.4 Å². The minimum absolute atomic E-state index is 0.0473. The lowest BCUT2D eigenvalue weighted by Gasteiger charge is -2.30. The van der Waals surface area contributed by atoms with E-state index >= 15 is 0 Å². The molecule has 3 heterocycles. The molecule has 6 heteroatoms. The Morgan fingerprint density at radius 1 is 1.36 bits per heavy atom. The molecule has 2 amide bonds. The van der Waals surface area contributed by atoms with Crippen molar-refractivity contribution in [3.05, 3.63) is 30.1 Å². The Morgan fingerprint density at radius 2 is 2.16 bits per heavy atom. The van der Waals surface area contributed by atoms with E-state index < -0.39 is 0 Å². The summed E-state index contributed by atoms with van der Waals surface area (Å²) in [5, 5.41) is 0. The van der Waals surface area contributed by atoms with Crippen molar-refractivity contribution in [2.75, 3.05) is 32.8 Å². The van der Waals surface area contributed by atoms with E-state index in [4.69, 9.17) is 4.74 Å². The molecule has 6 nitrogen and oxygen atoms in total. The molecule has 2 fully saturated rings. The highest BCUT2D eigenvalue weighted by atomic mass is 16.5. The van der Waals surface area contributed by atoms with Gasteiger partial charge in [-0.15, -0.1) is 0 Å². The van der Waals surface area contributed by atoms with Crippen LogP contribution in [0.2, 0.25) is 0 Å². The molecule has 0 radical (unpaired) electrons. The number of hydrogen-bond acceptors (Lipinski definition) is 4. The maximum absolute atomic E-state index is 12.9. The lowest BCUT2D eigenvalue weighted by Crippen LogP contribution is -2.41. The van der Waals surface area contributed by atoms with Gasteiger partial charge in [-0.3, -0.25) is 14.6 Å². The molecule has 2 saturated heterocycles. The number of nitrogens with zero attached hydrogens (tertiary/aromatic N) is 3. The van der Waals surface area contributed by atoms with Gasteiger partial charge in [0.25, 0.3) is 0 Å². The third kappa shape index (κ3) is 4.57. The van der Waals surface area contributed by atoms with Gasteiger partial charge in [-0.1, -0.05) is 6.07 Å². The fourth-order valence-electron chi connectivity index (χ4n) is 3.65. The fourth-order valence-corrected chi connectivity index (χ4v) is 3.65. The molecule has 0 spiro atoms. The largest absolute Gasteiger partial charge is 0.381 e. The van der Waals surface area contributed by atoms with Crippen LogP contribution < -0.4 is 0 Å². The molecule has 0 N–H and O–H groups in total. The predicted octanol–water partition coefficient (Wildman–Crippen LogP) is 1.71.